The highest BCUT2D eigenvalue weighted by molar-refractivity contribution is 7.91. The molecule has 6 heteroatoms. The first kappa shape index (κ1) is 15.0. The first-order valence-corrected chi connectivity index (χ1v) is 9.04. The third-order valence-corrected chi connectivity index (χ3v) is 7.25. The minimum Gasteiger partial charge on any atom is -0.316 e. The fourth-order valence-corrected chi connectivity index (χ4v) is 5.95. The lowest BCUT2D eigenvalue weighted by Gasteiger charge is -2.37. The van der Waals surface area contributed by atoms with Crippen molar-refractivity contribution in [2.24, 2.45) is 0 Å². The number of nitrogens with one attached hydrogen (secondary N) is 1. The molecule has 19 heavy (non-hydrogen) atoms. The summed E-state index contributed by atoms with van der Waals surface area (Å²) in [4.78, 5) is 0. The standard InChI is InChI=1S/C13H22N2O2S2/c1-10-5-4-6-11(2)15(10)19(16,17)13-7-12(8-14-3)9-18-13/h7,9-11,14H,4-6,8H2,1-3H3. The maximum absolute atomic E-state index is 12.7. The van der Waals surface area contributed by atoms with Gasteiger partial charge in [0, 0.05) is 18.6 Å². The van der Waals surface area contributed by atoms with Crippen LogP contribution in [0.25, 0.3) is 0 Å². The van der Waals surface area contributed by atoms with E-state index in [4.69, 9.17) is 0 Å². The van der Waals surface area contributed by atoms with Gasteiger partial charge >= 0.3 is 0 Å². The zero-order valence-corrected chi connectivity index (χ0v) is 13.4. The predicted molar refractivity (Wildman–Crippen MR) is 78.9 cm³/mol. The van der Waals surface area contributed by atoms with Crippen LogP contribution in [0.1, 0.15) is 38.7 Å². The van der Waals surface area contributed by atoms with Crippen LogP contribution in [-0.2, 0) is 16.6 Å². The molecule has 0 aliphatic carbocycles. The van der Waals surface area contributed by atoms with Gasteiger partial charge in [-0.3, -0.25) is 0 Å². The lowest BCUT2D eigenvalue weighted by Crippen LogP contribution is -2.47. The average molecular weight is 302 g/mol. The molecule has 1 aliphatic heterocycles. The Labute approximate surface area is 119 Å². The predicted octanol–water partition coefficient (Wildman–Crippen LogP) is 2.42. The van der Waals surface area contributed by atoms with Crippen molar-refractivity contribution < 1.29 is 8.42 Å². The summed E-state index contributed by atoms with van der Waals surface area (Å²) in [5.74, 6) is 0. The van der Waals surface area contributed by atoms with E-state index < -0.39 is 10.0 Å². The van der Waals surface area contributed by atoms with Gasteiger partial charge in [-0.1, -0.05) is 6.42 Å². The Kier molecular flexibility index (Phi) is 4.66. The molecule has 0 aromatic carbocycles. The van der Waals surface area contributed by atoms with Gasteiger partial charge in [0.25, 0.3) is 10.0 Å². The summed E-state index contributed by atoms with van der Waals surface area (Å²) in [6.45, 7) is 4.72. The maximum Gasteiger partial charge on any atom is 0.253 e. The van der Waals surface area contributed by atoms with Crippen LogP contribution in [0, 0.1) is 0 Å². The molecular formula is C13H22N2O2S2. The van der Waals surface area contributed by atoms with E-state index in [1.54, 1.807) is 10.4 Å². The topological polar surface area (TPSA) is 49.4 Å². The molecule has 2 atom stereocenters. The first-order valence-electron chi connectivity index (χ1n) is 6.72. The van der Waals surface area contributed by atoms with Crippen molar-refractivity contribution in [3.63, 3.8) is 0 Å². The average Bonchev–Trinajstić information content (AvgIpc) is 2.78. The number of rotatable bonds is 4. The summed E-state index contributed by atoms with van der Waals surface area (Å²) in [7, 11) is -1.47. The number of sulfonamides is 1. The summed E-state index contributed by atoms with van der Waals surface area (Å²) < 4.78 is 27.7. The van der Waals surface area contributed by atoms with Crippen molar-refractivity contribution in [3.05, 3.63) is 17.0 Å². The van der Waals surface area contributed by atoms with E-state index >= 15 is 0 Å². The molecule has 0 spiro atoms. The highest BCUT2D eigenvalue weighted by atomic mass is 32.2. The van der Waals surface area contributed by atoms with Crippen LogP contribution in [0.3, 0.4) is 0 Å². The van der Waals surface area contributed by atoms with E-state index in [-0.39, 0.29) is 12.1 Å². The zero-order chi connectivity index (χ0) is 14.0. The second kappa shape index (κ2) is 5.91. The van der Waals surface area contributed by atoms with Crippen LogP contribution < -0.4 is 5.32 Å². The third-order valence-electron chi connectivity index (χ3n) is 3.66. The Morgan fingerprint density at radius 2 is 2.00 bits per heavy atom. The van der Waals surface area contributed by atoms with Gasteiger partial charge in [0.2, 0.25) is 0 Å². The second-order valence-corrected chi connectivity index (χ2v) is 8.25. The molecule has 4 nitrogen and oxygen atoms in total. The largest absolute Gasteiger partial charge is 0.316 e. The van der Waals surface area contributed by atoms with E-state index in [1.165, 1.54) is 11.3 Å². The summed E-state index contributed by atoms with van der Waals surface area (Å²) in [5, 5.41) is 4.96. The Balaban J connectivity index is 2.29. The zero-order valence-electron chi connectivity index (χ0n) is 11.7. The molecule has 1 N–H and O–H groups in total. The Bertz CT molecular complexity index is 515. The minimum atomic E-state index is -3.33. The SMILES string of the molecule is CNCc1csc(S(=O)(=O)N2C(C)CCCC2C)c1. The molecule has 1 saturated heterocycles. The highest BCUT2D eigenvalue weighted by Crippen LogP contribution is 2.32. The third kappa shape index (κ3) is 3.02. The van der Waals surface area contributed by atoms with Crippen LogP contribution >= 0.6 is 11.3 Å². The van der Waals surface area contributed by atoms with Crippen molar-refractivity contribution >= 4 is 21.4 Å². The summed E-state index contributed by atoms with van der Waals surface area (Å²) in [6.07, 6.45) is 3.03. The Morgan fingerprint density at radius 3 is 2.58 bits per heavy atom. The molecule has 1 fully saturated rings. The van der Waals surface area contributed by atoms with Gasteiger partial charge in [0.15, 0.2) is 0 Å². The van der Waals surface area contributed by atoms with Crippen molar-refractivity contribution in [3.8, 4) is 0 Å². The first-order chi connectivity index (χ1) is 8.96. The van der Waals surface area contributed by atoms with E-state index in [1.807, 2.05) is 26.3 Å². The molecule has 108 valence electrons. The fourth-order valence-electron chi connectivity index (χ4n) is 2.76. The number of piperidine rings is 1. The van der Waals surface area contributed by atoms with Gasteiger partial charge in [0.05, 0.1) is 0 Å². The molecule has 0 bridgehead atoms. The normalized spacial score (nSPS) is 25.6. The molecule has 1 aromatic rings. The molecule has 1 aliphatic rings. The Morgan fingerprint density at radius 1 is 1.37 bits per heavy atom. The molecule has 0 radical (unpaired) electrons. The summed E-state index contributed by atoms with van der Waals surface area (Å²) >= 11 is 1.32. The van der Waals surface area contributed by atoms with Crippen LogP contribution in [-0.4, -0.2) is 31.9 Å². The number of hydrogen-bond donors (Lipinski definition) is 1. The minimum absolute atomic E-state index is 0.101. The maximum atomic E-state index is 12.7. The second-order valence-electron chi connectivity index (χ2n) is 5.27. The van der Waals surface area contributed by atoms with Crippen molar-refractivity contribution in [2.75, 3.05) is 7.05 Å². The van der Waals surface area contributed by atoms with Gasteiger partial charge in [-0.25, -0.2) is 8.42 Å². The van der Waals surface area contributed by atoms with E-state index in [0.29, 0.717) is 10.8 Å². The van der Waals surface area contributed by atoms with E-state index in [9.17, 15) is 8.42 Å². The number of thiophene rings is 1. The van der Waals surface area contributed by atoms with Crippen LogP contribution in [0.2, 0.25) is 0 Å². The van der Waals surface area contributed by atoms with Crippen molar-refractivity contribution in [1.29, 1.82) is 0 Å². The van der Waals surface area contributed by atoms with Crippen LogP contribution in [0.5, 0.6) is 0 Å². The molecule has 2 rings (SSSR count). The highest BCUT2D eigenvalue weighted by Gasteiger charge is 2.36. The molecule has 0 amide bonds. The fraction of sp³-hybridized carbons (Fsp3) is 0.692. The quantitative estimate of drug-likeness (QED) is 0.929. The van der Waals surface area contributed by atoms with Gasteiger partial charge in [-0.15, -0.1) is 11.3 Å². The van der Waals surface area contributed by atoms with Crippen LogP contribution in [0.4, 0.5) is 0 Å². The lowest BCUT2D eigenvalue weighted by molar-refractivity contribution is 0.204. The smallest absolute Gasteiger partial charge is 0.253 e. The van der Waals surface area contributed by atoms with Crippen LogP contribution in [0.15, 0.2) is 15.7 Å². The van der Waals surface area contributed by atoms with E-state index in [0.717, 1.165) is 24.8 Å². The lowest BCUT2D eigenvalue weighted by atomic mass is 10.0. The monoisotopic (exact) mass is 302 g/mol. The molecular weight excluding hydrogens is 280 g/mol. The number of hydrogen-bond acceptors (Lipinski definition) is 4. The van der Waals surface area contributed by atoms with E-state index in [2.05, 4.69) is 5.32 Å². The summed E-state index contributed by atoms with van der Waals surface area (Å²) in [6, 6.07) is 2.00. The molecule has 2 unspecified atom stereocenters. The van der Waals surface area contributed by atoms with Gasteiger partial charge in [-0.2, -0.15) is 4.31 Å². The van der Waals surface area contributed by atoms with Crippen molar-refractivity contribution in [1.82, 2.24) is 9.62 Å². The van der Waals surface area contributed by atoms with Crippen molar-refractivity contribution in [2.45, 2.75) is 55.9 Å². The van der Waals surface area contributed by atoms with Gasteiger partial charge in [0.1, 0.15) is 4.21 Å². The number of nitrogens with zero attached hydrogens (tertiary/aromatic N) is 1. The van der Waals surface area contributed by atoms with Gasteiger partial charge < -0.3 is 5.32 Å². The Hall–Kier alpha value is -0.430. The summed E-state index contributed by atoms with van der Waals surface area (Å²) in [5.41, 5.74) is 1.03. The van der Waals surface area contributed by atoms with Gasteiger partial charge in [-0.05, 0) is 50.7 Å². The molecule has 0 saturated carbocycles. The molecule has 2 heterocycles. The molecule has 1 aromatic heterocycles.